The number of benzene rings is 9. The fourth-order valence-electron chi connectivity index (χ4n) is 15.4. The van der Waals surface area contributed by atoms with Gasteiger partial charge in [-0.3, -0.25) is 9.59 Å². The van der Waals surface area contributed by atoms with Gasteiger partial charge in [0.15, 0.2) is 10.8 Å². The molecule has 9 aliphatic heterocycles. The minimum Gasteiger partial charge on any atom is -0.457 e. The molecular formula is C81H72N8O5. The maximum Gasteiger partial charge on any atom is 0.358 e. The summed E-state index contributed by atoms with van der Waals surface area (Å²) < 4.78 is 22.0. The summed E-state index contributed by atoms with van der Waals surface area (Å²) >= 11 is 0. The lowest BCUT2D eigenvalue weighted by molar-refractivity contribution is -0.0118. The molecule has 0 unspecified atom stereocenters. The lowest BCUT2D eigenvalue weighted by Gasteiger charge is -2.38. The summed E-state index contributed by atoms with van der Waals surface area (Å²) in [5, 5.41) is 7.90. The zero-order chi connectivity index (χ0) is 62.1. The molecule has 0 amide bonds. The highest BCUT2D eigenvalue weighted by Crippen LogP contribution is 2.57. The monoisotopic (exact) mass is 1240 g/mol. The van der Waals surface area contributed by atoms with Gasteiger partial charge in [-0.1, -0.05) is 84.9 Å². The molecular weight excluding hydrogens is 1160 g/mol. The first-order valence-corrected chi connectivity index (χ1v) is 33.4. The number of carbonyl (C=O) groups excluding carboxylic acids is 1. The van der Waals surface area contributed by atoms with E-state index in [4.69, 9.17) is 13.6 Å². The van der Waals surface area contributed by atoms with Crippen molar-refractivity contribution in [2.24, 2.45) is 0 Å². The van der Waals surface area contributed by atoms with Crippen LogP contribution in [0, 0.1) is 24.8 Å². The van der Waals surface area contributed by atoms with Crippen molar-refractivity contribution in [1.82, 2.24) is 4.58 Å². The van der Waals surface area contributed by atoms with Crippen molar-refractivity contribution in [3.63, 3.8) is 0 Å². The Bertz CT molecular complexity index is 5280. The molecule has 0 aromatic heterocycles. The summed E-state index contributed by atoms with van der Waals surface area (Å²) in [6.45, 7) is 15.2. The highest BCUT2D eigenvalue weighted by Gasteiger charge is 2.62. The Balaban J connectivity index is 0.000000107. The Kier molecular flexibility index (Phi) is 13.8. The Labute approximate surface area is 545 Å². The van der Waals surface area contributed by atoms with Gasteiger partial charge in [-0.05, 0) is 116 Å². The Morgan fingerprint density at radius 1 is 0.436 bits per heavy atom. The smallest absolute Gasteiger partial charge is 0.358 e. The van der Waals surface area contributed by atoms with Gasteiger partial charge in [0.2, 0.25) is 5.36 Å². The molecule has 1 spiro atoms. The Morgan fingerprint density at radius 3 is 1.44 bits per heavy atom. The number of fused-ring (bicyclic) bond motifs is 14. The quantitative estimate of drug-likeness (QED) is 0.0522. The van der Waals surface area contributed by atoms with Gasteiger partial charge in [0, 0.05) is 190 Å². The van der Waals surface area contributed by atoms with Gasteiger partial charge in [-0.25, -0.2) is 4.58 Å². The summed E-state index contributed by atoms with van der Waals surface area (Å²) in [7, 11) is 0. The Morgan fingerprint density at radius 2 is 0.915 bits per heavy atom. The number of hydrogen-bond acceptors (Lipinski definition) is 10. The predicted molar refractivity (Wildman–Crippen MR) is 378 cm³/mol. The van der Waals surface area contributed by atoms with Gasteiger partial charge in [0.05, 0.1) is 12.5 Å². The van der Waals surface area contributed by atoms with Crippen molar-refractivity contribution in [2.45, 2.75) is 50.9 Å². The van der Waals surface area contributed by atoms with Crippen molar-refractivity contribution in [3.05, 3.63) is 249 Å². The minimum atomic E-state index is -1.01. The third kappa shape index (κ3) is 8.98. The molecule has 94 heavy (non-hydrogen) atoms. The van der Waals surface area contributed by atoms with Crippen LogP contribution in [-0.4, -0.2) is 94.8 Å². The maximum atomic E-state index is 13.5. The van der Waals surface area contributed by atoms with Crippen LogP contribution in [0.3, 0.4) is 0 Å². The van der Waals surface area contributed by atoms with Crippen LogP contribution in [0.2, 0.25) is 0 Å². The molecule has 8 aromatic rings. The molecule has 12 aliphatic rings. The largest absolute Gasteiger partial charge is 0.457 e. The molecule has 0 radical (unpaired) electrons. The topological polar surface area (TPSA) is 125 Å². The van der Waals surface area contributed by atoms with Crippen molar-refractivity contribution < 1.29 is 23.2 Å². The number of hydrogen-bond donors (Lipinski definition) is 0. The van der Waals surface area contributed by atoms with Crippen LogP contribution in [0.5, 0.6) is 11.5 Å². The number of carbonyl (C=O) groups is 1. The lowest BCUT2D eigenvalue weighted by Crippen LogP contribution is -2.41. The molecule has 0 bridgehead atoms. The van der Waals surface area contributed by atoms with E-state index in [1.807, 2.05) is 54.6 Å². The van der Waals surface area contributed by atoms with Gasteiger partial charge < -0.3 is 51.0 Å². The van der Waals surface area contributed by atoms with Crippen LogP contribution in [-0.2, 0) is 5.41 Å². The van der Waals surface area contributed by atoms with Gasteiger partial charge in [0.1, 0.15) is 47.1 Å². The third-order valence-corrected chi connectivity index (χ3v) is 21.2. The van der Waals surface area contributed by atoms with E-state index in [0.717, 1.165) is 167 Å². The highest BCUT2D eigenvalue weighted by atomic mass is 16.5. The fraction of sp³-hybridized carbons (Fsp3) is 0.247. The van der Waals surface area contributed by atoms with Crippen molar-refractivity contribution in [3.8, 4) is 33.9 Å². The van der Waals surface area contributed by atoms with E-state index in [0.29, 0.717) is 17.1 Å². The molecule has 8 aromatic carbocycles. The van der Waals surface area contributed by atoms with Gasteiger partial charge in [0.25, 0.3) is 5.78 Å². The SMILES string of the molecule is Cc1ccccc1-c1c2ccc(=[N+]3CCC3)cc-2oc2cc(N3CCC3)ccc12.O=c1c2c3ccc(N4CCC4)cc3oc3cc(N4CCC4)ccc3c=2c2ccccc12.[CH3-].[N-]=[N+]=C1C(=O)c2ccccc2C12c1ccc(N3CCC3)cc1Oc1cc(N3CCC3)ccc12. The normalized spacial score (nSPS) is 17.1. The van der Waals surface area contributed by atoms with Gasteiger partial charge in [-0.15, -0.1) is 0 Å². The molecule has 0 saturated carbocycles. The summed E-state index contributed by atoms with van der Waals surface area (Å²) in [6.07, 6.45) is 7.39. The molecule has 9 heterocycles. The lowest BCUT2D eigenvalue weighted by atomic mass is 9.67. The van der Waals surface area contributed by atoms with E-state index in [-0.39, 0.29) is 24.4 Å². The summed E-state index contributed by atoms with van der Waals surface area (Å²) in [4.78, 5) is 42.4. The molecule has 0 atom stereocenters. The third-order valence-electron chi connectivity index (χ3n) is 21.2. The van der Waals surface area contributed by atoms with Crippen LogP contribution < -0.4 is 44.6 Å². The first kappa shape index (κ1) is 57.4. The number of Topliss-reactive ketones (excluding diaryl/α,β-unsaturated/α-hetero) is 1. The van der Waals surface area contributed by atoms with Crippen LogP contribution in [0.1, 0.15) is 71.1 Å². The number of anilines is 5. The molecule has 20 rings (SSSR count). The molecule has 13 heteroatoms. The average Bonchev–Trinajstić information content (AvgIpc) is 1.42. The number of ketones is 1. The van der Waals surface area contributed by atoms with E-state index < -0.39 is 5.41 Å². The van der Waals surface area contributed by atoms with Crippen molar-refractivity contribution in [2.75, 3.05) is 103 Å². The van der Waals surface area contributed by atoms with Crippen LogP contribution >= 0.6 is 0 Å². The summed E-state index contributed by atoms with van der Waals surface area (Å²) in [5.74, 6) is 2.14. The van der Waals surface area contributed by atoms with Crippen LogP contribution in [0.4, 0.5) is 28.4 Å². The first-order chi connectivity index (χ1) is 45.8. The van der Waals surface area contributed by atoms with E-state index in [1.54, 1.807) is 0 Å². The second-order valence-electron chi connectivity index (χ2n) is 26.3. The molecule has 0 N–H and O–H groups in total. The maximum absolute atomic E-state index is 13.5. The average molecular weight is 1240 g/mol. The molecule has 6 saturated heterocycles. The van der Waals surface area contributed by atoms with Crippen molar-refractivity contribution in [1.29, 1.82) is 0 Å². The molecule has 3 aliphatic carbocycles. The van der Waals surface area contributed by atoms with Gasteiger partial charge in [-0.2, -0.15) is 4.79 Å². The minimum absolute atomic E-state index is 0. The van der Waals surface area contributed by atoms with Crippen LogP contribution in [0.15, 0.2) is 196 Å². The molecule has 466 valence electrons. The van der Waals surface area contributed by atoms with E-state index in [9.17, 15) is 15.1 Å². The number of nitrogens with zero attached hydrogens (tertiary/aromatic N) is 8. The number of rotatable bonds is 6. The van der Waals surface area contributed by atoms with E-state index >= 15 is 0 Å². The van der Waals surface area contributed by atoms with Crippen molar-refractivity contribution >= 4 is 83.6 Å². The van der Waals surface area contributed by atoms with E-state index in [2.05, 4.69) is 168 Å². The summed E-state index contributed by atoms with van der Waals surface area (Å²) in [5.41, 5.74) is 25.9. The number of aryl methyl sites for hydroxylation is 1. The molecule has 13 nitrogen and oxygen atoms in total. The summed E-state index contributed by atoms with van der Waals surface area (Å²) in [6, 6.07) is 62.8. The zero-order valence-electron chi connectivity index (χ0n) is 53.2. The molecule has 6 fully saturated rings. The first-order valence-electron chi connectivity index (χ1n) is 33.4. The van der Waals surface area contributed by atoms with E-state index in [1.165, 1.54) is 82.9 Å². The standard InChI is InChI=1S/C27H22N4O2.C27H22N2O2.C26H25N2O.CH3/c28-29-26-25(32)19-5-1-2-6-20(19)27(26)21-9-7-17(30-11-3-12-30)15-23(21)33-24-16-18(8-10-22(24)27)31-13-4-14-31;30-27-20-6-2-1-5-19(20)25-21-9-7-17(28-11-3-12-28)15-23(21)31-24-16-18(29-13-4-14-29)8-10-22(24)26(25)27;1-18-6-2-3-7-21(18)26-22-10-8-19(27-12-4-13-27)16-24(22)29-25-17-20(9-11-23(25)26)28-14-5-15-28;/h1-2,5-10,15-16H,3-4,11-14H2;1-2,5-10,15-16H,3-4,11-14H2;2-3,6-11,16-17H,4-5,12-15H2,1H3;1H3/q;;+1;-1. The second kappa shape index (κ2) is 22.7. The van der Waals surface area contributed by atoms with Gasteiger partial charge >= 0.3 is 5.71 Å². The number of ether oxygens (including phenoxy) is 1. The second-order valence-corrected chi connectivity index (χ2v) is 26.3. The Hall–Kier alpha value is -10.5. The zero-order valence-corrected chi connectivity index (χ0v) is 53.2. The fourth-order valence-corrected chi connectivity index (χ4v) is 15.4. The highest BCUT2D eigenvalue weighted by molar-refractivity contribution is 6.52. The van der Waals surface area contributed by atoms with Crippen LogP contribution in [0.25, 0.3) is 71.7 Å². The predicted octanol–water partition coefficient (Wildman–Crippen LogP) is 15.0.